The van der Waals surface area contributed by atoms with Crippen LogP contribution in [0.25, 0.3) is 16.9 Å². The number of aromatic amines is 1. The van der Waals surface area contributed by atoms with Gasteiger partial charge in [0.15, 0.2) is 0 Å². The minimum absolute atomic E-state index is 0.194. The van der Waals surface area contributed by atoms with Gasteiger partial charge in [-0.15, -0.1) is 0 Å². The lowest BCUT2D eigenvalue weighted by Crippen LogP contribution is -2.19. The van der Waals surface area contributed by atoms with Crippen molar-refractivity contribution in [1.82, 2.24) is 9.78 Å². The van der Waals surface area contributed by atoms with Crippen LogP contribution in [0.4, 0.5) is 5.69 Å². The predicted octanol–water partition coefficient (Wildman–Crippen LogP) is 5.00. The van der Waals surface area contributed by atoms with E-state index in [-0.39, 0.29) is 5.56 Å². The maximum atomic E-state index is 13.5. The summed E-state index contributed by atoms with van der Waals surface area (Å²) in [4.78, 5) is 18.3. The van der Waals surface area contributed by atoms with Gasteiger partial charge in [-0.25, -0.2) is 4.68 Å². The summed E-state index contributed by atoms with van der Waals surface area (Å²) < 4.78 is 17.2. The molecule has 4 rings (SSSR count). The number of H-pyrrole nitrogens is 1. The smallest absolute Gasteiger partial charge is 0.280 e. The van der Waals surface area contributed by atoms with Crippen LogP contribution >= 0.6 is 0 Å². The van der Waals surface area contributed by atoms with Crippen molar-refractivity contribution < 1.29 is 14.2 Å². The first-order chi connectivity index (χ1) is 16.0. The SMILES string of the molecule is COc1ccc(N=C(C)c2c(-c3ccc(OC)cc3)[nH]n(-c3ccc(OC)cc3)c2=O)cc1. The van der Waals surface area contributed by atoms with E-state index in [1.807, 2.05) is 79.7 Å². The number of rotatable bonds is 7. The third-order valence-corrected chi connectivity index (χ3v) is 5.33. The van der Waals surface area contributed by atoms with Crippen LogP contribution in [0.1, 0.15) is 12.5 Å². The third-order valence-electron chi connectivity index (χ3n) is 5.33. The lowest BCUT2D eigenvalue weighted by molar-refractivity contribution is 0.414. The molecule has 0 radical (unpaired) electrons. The molecule has 1 heterocycles. The van der Waals surface area contributed by atoms with Crippen LogP contribution < -0.4 is 19.8 Å². The summed E-state index contributed by atoms with van der Waals surface area (Å²) in [7, 11) is 4.84. The van der Waals surface area contributed by atoms with Gasteiger partial charge in [0.1, 0.15) is 17.2 Å². The van der Waals surface area contributed by atoms with Crippen LogP contribution in [0.5, 0.6) is 17.2 Å². The summed E-state index contributed by atoms with van der Waals surface area (Å²) in [5.74, 6) is 2.20. The molecule has 1 N–H and O–H groups in total. The molecule has 0 spiro atoms. The van der Waals surface area contributed by atoms with Crippen molar-refractivity contribution in [1.29, 1.82) is 0 Å². The number of hydrogen-bond donors (Lipinski definition) is 1. The Labute approximate surface area is 191 Å². The van der Waals surface area contributed by atoms with Crippen molar-refractivity contribution in [2.24, 2.45) is 4.99 Å². The van der Waals surface area contributed by atoms with E-state index >= 15 is 0 Å². The van der Waals surface area contributed by atoms with Crippen LogP contribution in [0.2, 0.25) is 0 Å². The van der Waals surface area contributed by atoms with Crippen LogP contribution in [-0.2, 0) is 0 Å². The number of nitrogens with zero attached hydrogens (tertiary/aromatic N) is 2. The quantitative estimate of drug-likeness (QED) is 0.408. The van der Waals surface area contributed by atoms with Crippen molar-refractivity contribution in [2.75, 3.05) is 21.3 Å². The normalized spacial score (nSPS) is 11.3. The van der Waals surface area contributed by atoms with Crippen molar-refractivity contribution in [3.8, 4) is 34.2 Å². The van der Waals surface area contributed by atoms with Gasteiger partial charge in [0, 0.05) is 5.56 Å². The molecule has 7 nitrogen and oxygen atoms in total. The van der Waals surface area contributed by atoms with Crippen molar-refractivity contribution in [3.05, 3.63) is 88.7 Å². The first kappa shape index (κ1) is 22.0. The Hall–Kier alpha value is -4.26. The Kier molecular flexibility index (Phi) is 6.31. The van der Waals surface area contributed by atoms with Gasteiger partial charge in [-0.05, 0) is 79.7 Å². The van der Waals surface area contributed by atoms with E-state index in [0.717, 1.165) is 22.7 Å². The fraction of sp³-hybridized carbons (Fsp3) is 0.154. The van der Waals surface area contributed by atoms with E-state index in [4.69, 9.17) is 19.2 Å². The summed E-state index contributed by atoms with van der Waals surface area (Å²) in [6.45, 7) is 1.83. The Morgan fingerprint density at radius 2 is 1.24 bits per heavy atom. The first-order valence-electron chi connectivity index (χ1n) is 10.4. The van der Waals surface area contributed by atoms with Gasteiger partial charge in [-0.1, -0.05) is 0 Å². The minimum Gasteiger partial charge on any atom is -0.497 e. The van der Waals surface area contributed by atoms with E-state index in [1.165, 1.54) is 4.68 Å². The highest BCUT2D eigenvalue weighted by atomic mass is 16.5. The molecule has 7 heteroatoms. The highest BCUT2D eigenvalue weighted by molar-refractivity contribution is 6.04. The predicted molar refractivity (Wildman–Crippen MR) is 130 cm³/mol. The van der Waals surface area contributed by atoms with E-state index < -0.39 is 0 Å². The van der Waals surface area contributed by atoms with Crippen LogP contribution in [0, 0.1) is 0 Å². The fourth-order valence-corrected chi connectivity index (χ4v) is 3.56. The number of nitrogens with one attached hydrogen (secondary N) is 1. The molecule has 0 atom stereocenters. The van der Waals surface area contributed by atoms with Gasteiger partial charge in [0.05, 0.1) is 49.7 Å². The summed E-state index contributed by atoms with van der Waals surface area (Å²) >= 11 is 0. The molecular weight excluding hydrogens is 418 g/mol. The van der Waals surface area contributed by atoms with E-state index in [2.05, 4.69) is 5.10 Å². The van der Waals surface area contributed by atoms with Crippen LogP contribution in [0.3, 0.4) is 0 Å². The highest BCUT2D eigenvalue weighted by Gasteiger charge is 2.19. The van der Waals surface area contributed by atoms with Gasteiger partial charge < -0.3 is 14.2 Å². The summed E-state index contributed by atoms with van der Waals surface area (Å²) in [5.41, 5.74) is 3.84. The monoisotopic (exact) mass is 443 g/mol. The molecule has 0 saturated carbocycles. The zero-order valence-corrected chi connectivity index (χ0v) is 19.0. The molecule has 0 amide bonds. The average molecular weight is 444 g/mol. The Bertz CT molecular complexity index is 1320. The second-order valence-corrected chi connectivity index (χ2v) is 7.32. The topological polar surface area (TPSA) is 77.8 Å². The van der Waals surface area contributed by atoms with Gasteiger partial charge in [-0.2, -0.15) is 0 Å². The van der Waals surface area contributed by atoms with Gasteiger partial charge in [0.2, 0.25) is 0 Å². The molecule has 168 valence electrons. The molecule has 4 aromatic rings. The molecule has 1 aromatic heterocycles. The molecular formula is C26H25N3O4. The Balaban J connectivity index is 1.85. The number of hydrogen-bond acceptors (Lipinski definition) is 5. The average Bonchev–Trinajstić information content (AvgIpc) is 3.21. The highest BCUT2D eigenvalue weighted by Crippen LogP contribution is 2.26. The largest absolute Gasteiger partial charge is 0.497 e. The first-order valence-corrected chi connectivity index (χ1v) is 10.4. The van der Waals surface area contributed by atoms with E-state index in [9.17, 15) is 4.79 Å². The van der Waals surface area contributed by atoms with Crippen LogP contribution in [0.15, 0.2) is 82.6 Å². The van der Waals surface area contributed by atoms with Gasteiger partial charge in [-0.3, -0.25) is 14.9 Å². The third kappa shape index (κ3) is 4.52. The Morgan fingerprint density at radius 1 is 0.758 bits per heavy atom. The maximum absolute atomic E-state index is 13.5. The molecule has 0 saturated heterocycles. The summed E-state index contributed by atoms with van der Waals surface area (Å²) in [6.07, 6.45) is 0. The lowest BCUT2D eigenvalue weighted by Gasteiger charge is -2.05. The molecule has 0 aliphatic carbocycles. The van der Waals surface area contributed by atoms with Crippen molar-refractivity contribution in [3.63, 3.8) is 0 Å². The Morgan fingerprint density at radius 3 is 1.76 bits per heavy atom. The zero-order valence-electron chi connectivity index (χ0n) is 19.0. The number of ether oxygens (including phenoxy) is 3. The maximum Gasteiger partial charge on any atom is 0.280 e. The lowest BCUT2D eigenvalue weighted by atomic mass is 10.0. The van der Waals surface area contributed by atoms with E-state index in [1.54, 1.807) is 21.3 Å². The van der Waals surface area contributed by atoms with Gasteiger partial charge in [0.25, 0.3) is 5.56 Å². The second-order valence-electron chi connectivity index (χ2n) is 7.32. The zero-order chi connectivity index (χ0) is 23.4. The number of aliphatic imine (C=N–C) groups is 1. The molecule has 0 aliphatic rings. The standard InChI is InChI=1S/C26H25N3O4/c1-17(27-19-7-13-22(32-3)14-8-19)24-25(18-5-11-21(31-2)12-6-18)28-29(26(24)30)20-9-15-23(33-4)16-10-20/h5-16,28H,1-4H3. The minimum atomic E-state index is -0.194. The summed E-state index contributed by atoms with van der Waals surface area (Å²) in [6, 6.07) is 22.2. The van der Waals surface area contributed by atoms with E-state index in [0.29, 0.717) is 28.4 Å². The molecule has 33 heavy (non-hydrogen) atoms. The number of benzene rings is 3. The fourth-order valence-electron chi connectivity index (χ4n) is 3.56. The molecule has 0 fully saturated rings. The van der Waals surface area contributed by atoms with Crippen molar-refractivity contribution >= 4 is 11.4 Å². The molecule has 0 bridgehead atoms. The second kappa shape index (κ2) is 9.48. The number of methoxy groups -OCH3 is 3. The van der Waals surface area contributed by atoms with Crippen LogP contribution in [-0.4, -0.2) is 36.8 Å². The number of aromatic nitrogens is 2. The molecule has 0 unspecified atom stereocenters. The van der Waals surface area contributed by atoms with Crippen molar-refractivity contribution in [2.45, 2.75) is 6.92 Å². The summed E-state index contributed by atoms with van der Waals surface area (Å²) in [5, 5.41) is 3.26. The van der Waals surface area contributed by atoms with Gasteiger partial charge >= 0.3 is 0 Å². The molecule has 3 aromatic carbocycles. The molecule has 0 aliphatic heterocycles.